The van der Waals surface area contributed by atoms with Gasteiger partial charge in [0.2, 0.25) is 5.91 Å². The first kappa shape index (κ1) is 17.9. The zero-order valence-corrected chi connectivity index (χ0v) is 15.2. The molecule has 3 aromatic rings. The molecule has 1 aromatic heterocycles. The van der Waals surface area contributed by atoms with Crippen LogP contribution in [0.5, 0.6) is 11.5 Å². The maximum absolute atomic E-state index is 12.2. The van der Waals surface area contributed by atoms with Crippen molar-refractivity contribution in [3.05, 3.63) is 76.5 Å². The van der Waals surface area contributed by atoms with Crippen LogP contribution in [0, 0.1) is 6.92 Å². The molecule has 1 N–H and O–H groups in total. The number of carbonyl (C=O) groups excluding carboxylic acids is 2. The highest BCUT2D eigenvalue weighted by atomic mass is 32.1. The fourth-order valence-electron chi connectivity index (χ4n) is 2.42. The maximum atomic E-state index is 12.2. The Morgan fingerprint density at radius 2 is 1.65 bits per heavy atom. The molecule has 0 aliphatic rings. The van der Waals surface area contributed by atoms with Crippen molar-refractivity contribution in [2.45, 2.75) is 19.8 Å². The Morgan fingerprint density at radius 3 is 2.38 bits per heavy atom. The number of benzene rings is 2. The summed E-state index contributed by atoms with van der Waals surface area (Å²) in [5.74, 6) is 1.03. The van der Waals surface area contributed by atoms with Crippen molar-refractivity contribution in [1.29, 1.82) is 0 Å². The second-order valence-electron chi connectivity index (χ2n) is 5.79. The second kappa shape index (κ2) is 8.45. The number of hydrogen-bond donors (Lipinski definition) is 1. The molecule has 0 saturated heterocycles. The first-order chi connectivity index (χ1) is 12.6. The number of hydrogen-bond acceptors (Lipinski definition) is 4. The highest BCUT2D eigenvalue weighted by Gasteiger charge is 2.13. The topological polar surface area (TPSA) is 55.4 Å². The standard InChI is InChI=1S/C21H19NO3S/c1-15-11-13-20(26-15)18(23)12-14-21(24)22-17-9-5-6-10-19(17)25-16-7-3-2-4-8-16/h2-11,13H,12,14H2,1H3,(H,22,24). The van der Waals surface area contributed by atoms with E-state index in [-0.39, 0.29) is 24.5 Å². The van der Waals surface area contributed by atoms with Crippen molar-refractivity contribution in [3.63, 3.8) is 0 Å². The largest absolute Gasteiger partial charge is 0.455 e. The van der Waals surface area contributed by atoms with Gasteiger partial charge >= 0.3 is 0 Å². The predicted molar refractivity (Wildman–Crippen MR) is 104 cm³/mol. The average molecular weight is 365 g/mol. The van der Waals surface area contributed by atoms with Gasteiger partial charge in [-0.05, 0) is 43.3 Å². The third-order valence-corrected chi connectivity index (χ3v) is 4.77. The first-order valence-corrected chi connectivity index (χ1v) is 9.15. The molecule has 0 spiro atoms. The lowest BCUT2D eigenvalue weighted by molar-refractivity contribution is -0.116. The summed E-state index contributed by atoms with van der Waals surface area (Å²) < 4.78 is 5.83. The minimum absolute atomic E-state index is 0.00734. The number of amides is 1. The Morgan fingerprint density at radius 1 is 0.923 bits per heavy atom. The molecule has 0 radical (unpaired) electrons. The molecule has 1 heterocycles. The van der Waals surface area contributed by atoms with Crippen LogP contribution >= 0.6 is 11.3 Å². The van der Waals surface area contributed by atoms with Gasteiger partial charge < -0.3 is 10.1 Å². The molecule has 3 rings (SSSR count). The van der Waals surface area contributed by atoms with E-state index in [1.54, 1.807) is 12.1 Å². The molecule has 5 heteroatoms. The van der Waals surface area contributed by atoms with Crippen LogP contribution < -0.4 is 10.1 Å². The number of nitrogens with one attached hydrogen (secondary N) is 1. The third kappa shape index (κ3) is 4.80. The number of anilines is 1. The van der Waals surface area contributed by atoms with Crippen LogP contribution in [0.2, 0.25) is 0 Å². The molecule has 0 aliphatic heterocycles. The summed E-state index contributed by atoms with van der Waals surface area (Å²) in [7, 11) is 0. The van der Waals surface area contributed by atoms with Gasteiger partial charge in [0.1, 0.15) is 5.75 Å². The zero-order valence-electron chi connectivity index (χ0n) is 14.4. The van der Waals surface area contributed by atoms with Crippen molar-refractivity contribution < 1.29 is 14.3 Å². The Hall–Kier alpha value is -2.92. The van der Waals surface area contributed by atoms with E-state index in [0.29, 0.717) is 22.1 Å². The molecule has 4 nitrogen and oxygen atoms in total. The number of ketones is 1. The predicted octanol–water partition coefficient (Wildman–Crippen LogP) is 5.45. The lowest BCUT2D eigenvalue weighted by atomic mass is 10.2. The van der Waals surface area contributed by atoms with E-state index in [4.69, 9.17) is 4.74 Å². The Kier molecular flexibility index (Phi) is 5.81. The van der Waals surface area contributed by atoms with Crippen LogP contribution in [0.25, 0.3) is 0 Å². The van der Waals surface area contributed by atoms with Gasteiger partial charge in [-0.15, -0.1) is 11.3 Å². The Bertz CT molecular complexity index is 902. The normalized spacial score (nSPS) is 10.3. The summed E-state index contributed by atoms with van der Waals surface area (Å²) in [6, 6.07) is 20.3. The molecular weight excluding hydrogens is 346 g/mol. The van der Waals surface area contributed by atoms with E-state index in [2.05, 4.69) is 5.32 Å². The molecule has 0 fully saturated rings. The van der Waals surface area contributed by atoms with Crippen LogP contribution in [-0.4, -0.2) is 11.7 Å². The third-order valence-electron chi connectivity index (χ3n) is 3.73. The van der Waals surface area contributed by atoms with Gasteiger partial charge in [-0.2, -0.15) is 0 Å². The van der Waals surface area contributed by atoms with Gasteiger partial charge in [0, 0.05) is 17.7 Å². The first-order valence-electron chi connectivity index (χ1n) is 8.33. The molecule has 0 saturated carbocycles. The lowest BCUT2D eigenvalue weighted by Crippen LogP contribution is -2.13. The maximum Gasteiger partial charge on any atom is 0.224 e. The minimum atomic E-state index is -0.212. The van der Waals surface area contributed by atoms with Crippen LogP contribution in [0.15, 0.2) is 66.7 Å². The number of thiophene rings is 1. The average Bonchev–Trinajstić information content (AvgIpc) is 3.09. The molecule has 26 heavy (non-hydrogen) atoms. The number of aryl methyl sites for hydroxylation is 1. The van der Waals surface area contributed by atoms with Crippen molar-refractivity contribution in [1.82, 2.24) is 0 Å². The van der Waals surface area contributed by atoms with E-state index >= 15 is 0 Å². The fraction of sp³-hybridized carbons (Fsp3) is 0.143. The summed E-state index contributed by atoms with van der Waals surface area (Å²) in [5, 5.41) is 2.83. The summed E-state index contributed by atoms with van der Waals surface area (Å²) >= 11 is 1.45. The summed E-state index contributed by atoms with van der Waals surface area (Å²) in [5.41, 5.74) is 0.584. The highest BCUT2D eigenvalue weighted by molar-refractivity contribution is 7.14. The number of carbonyl (C=O) groups is 2. The molecule has 0 aliphatic carbocycles. The summed E-state index contributed by atoms with van der Waals surface area (Å²) in [6.45, 7) is 1.96. The van der Waals surface area contributed by atoms with Crippen LogP contribution in [-0.2, 0) is 4.79 Å². The number of Topliss-reactive ketones (excluding diaryl/α,β-unsaturated/α-hetero) is 1. The Labute approximate surface area is 156 Å². The van der Waals surface area contributed by atoms with Crippen molar-refractivity contribution in [2.75, 3.05) is 5.32 Å². The Balaban J connectivity index is 1.60. The van der Waals surface area contributed by atoms with Crippen LogP contribution in [0.1, 0.15) is 27.4 Å². The summed E-state index contributed by atoms with van der Waals surface area (Å²) in [4.78, 5) is 26.2. The van der Waals surface area contributed by atoms with Gasteiger partial charge in [0.05, 0.1) is 10.6 Å². The van der Waals surface area contributed by atoms with Crippen LogP contribution in [0.4, 0.5) is 5.69 Å². The molecule has 0 unspecified atom stereocenters. The molecule has 1 amide bonds. The van der Waals surface area contributed by atoms with E-state index in [1.165, 1.54) is 11.3 Å². The van der Waals surface area contributed by atoms with Crippen molar-refractivity contribution >= 4 is 28.7 Å². The van der Waals surface area contributed by atoms with Gasteiger partial charge in [0.15, 0.2) is 11.5 Å². The molecule has 2 aromatic carbocycles. The molecule has 0 atom stereocenters. The minimum Gasteiger partial charge on any atom is -0.455 e. The fourth-order valence-corrected chi connectivity index (χ4v) is 3.26. The van der Waals surface area contributed by atoms with Gasteiger partial charge in [-0.1, -0.05) is 30.3 Å². The van der Waals surface area contributed by atoms with E-state index in [0.717, 1.165) is 4.88 Å². The lowest BCUT2D eigenvalue weighted by Gasteiger charge is -2.12. The zero-order chi connectivity index (χ0) is 18.4. The summed E-state index contributed by atoms with van der Waals surface area (Å²) in [6.07, 6.45) is 0.322. The number of para-hydroxylation sites is 3. The van der Waals surface area contributed by atoms with Crippen molar-refractivity contribution in [3.8, 4) is 11.5 Å². The smallest absolute Gasteiger partial charge is 0.224 e. The monoisotopic (exact) mass is 365 g/mol. The molecular formula is C21H19NO3S. The second-order valence-corrected chi connectivity index (χ2v) is 7.08. The SMILES string of the molecule is Cc1ccc(C(=O)CCC(=O)Nc2ccccc2Oc2ccccc2)s1. The van der Waals surface area contributed by atoms with Gasteiger partial charge in [-0.3, -0.25) is 9.59 Å². The van der Waals surface area contributed by atoms with Crippen molar-refractivity contribution in [2.24, 2.45) is 0 Å². The number of rotatable bonds is 7. The van der Waals surface area contributed by atoms with E-state index in [9.17, 15) is 9.59 Å². The van der Waals surface area contributed by atoms with E-state index < -0.39 is 0 Å². The van der Waals surface area contributed by atoms with Crippen LogP contribution in [0.3, 0.4) is 0 Å². The molecule has 132 valence electrons. The molecule has 0 bridgehead atoms. The quantitative estimate of drug-likeness (QED) is 0.566. The number of ether oxygens (including phenoxy) is 1. The van der Waals surface area contributed by atoms with E-state index in [1.807, 2.05) is 61.5 Å². The van der Waals surface area contributed by atoms with Gasteiger partial charge in [0.25, 0.3) is 0 Å². The highest BCUT2D eigenvalue weighted by Crippen LogP contribution is 2.29. The van der Waals surface area contributed by atoms with Gasteiger partial charge in [-0.25, -0.2) is 0 Å².